The van der Waals surface area contributed by atoms with Crippen molar-refractivity contribution in [2.24, 2.45) is 0 Å². The maximum absolute atomic E-state index is 13.0. The van der Waals surface area contributed by atoms with Crippen molar-refractivity contribution in [3.63, 3.8) is 0 Å². The molecule has 1 aromatic rings. The van der Waals surface area contributed by atoms with Crippen LogP contribution in [0.3, 0.4) is 0 Å². The molecule has 0 aliphatic carbocycles. The topological polar surface area (TPSA) is 73.4 Å². The molecule has 2 fully saturated rings. The second kappa shape index (κ2) is 8.36. The van der Waals surface area contributed by atoms with Crippen molar-refractivity contribution >= 4 is 21.8 Å². The van der Waals surface area contributed by atoms with Gasteiger partial charge in [0.05, 0.1) is 12.2 Å². The quantitative estimate of drug-likeness (QED) is 0.736. The molecule has 0 aromatic heterocycles. The predicted octanol–water partition coefficient (Wildman–Crippen LogP) is 0.864. The highest BCUT2D eigenvalue weighted by molar-refractivity contribution is 7.86. The number of hydrogen-bond donors (Lipinski definition) is 0. The number of carbonyl (C=O) groups is 1. The molecule has 2 heterocycles. The molecule has 2 unspecified atom stereocenters. The van der Waals surface area contributed by atoms with Gasteiger partial charge < -0.3 is 14.5 Å². The Balaban J connectivity index is 1.61. The number of piperazine rings is 1. The van der Waals surface area contributed by atoms with Crippen LogP contribution < -0.4 is 4.90 Å². The molecular formula is C19H30N4O4S. The van der Waals surface area contributed by atoms with Crippen molar-refractivity contribution in [1.29, 1.82) is 0 Å². The van der Waals surface area contributed by atoms with Crippen molar-refractivity contribution in [3.8, 4) is 0 Å². The first-order valence-electron chi connectivity index (χ1n) is 9.66. The molecule has 2 aliphatic rings. The van der Waals surface area contributed by atoms with Crippen molar-refractivity contribution in [1.82, 2.24) is 13.5 Å². The lowest BCUT2D eigenvalue weighted by molar-refractivity contribution is -0.0457. The van der Waals surface area contributed by atoms with Crippen LogP contribution in [0.1, 0.15) is 24.2 Å². The minimum atomic E-state index is -3.54. The van der Waals surface area contributed by atoms with Crippen LogP contribution in [0, 0.1) is 0 Å². The second-order valence-electron chi connectivity index (χ2n) is 7.71. The Kier molecular flexibility index (Phi) is 6.28. The number of morpholine rings is 1. The highest BCUT2D eigenvalue weighted by atomic mass is 32.2. The summed E-state index contributed by atoms with van der Waals surface area (Å²) in [6.45, 7) is 5.90. The highest BCUT2D eigenvalue weighted by Crippen LogP contribution is 2.20. The van der Waals surface area contributed by atoms with Gasteiger partial charge in [-0.05, 0) is 38.1 Å². The maximum atomic E-state index is 13.0. The van der Waals surface area contributed by atoms with E-state index in [-0.39, 0.29) is 18.1 Å². The molecule has 2 atom stereocenters. The predicted molar refractivity (Wildman–Crippen MR) is 109 cm³/mol. The molecule has 156 valence electrons. The Morgan fingerprint density at radius 3 is 2.00 bits per heavy atom. The first kappa shape index (κ1) is 21.0. The van der Waals surface area contributed by atoms with Crippen molar-refractivity contribution in [3.05, 3.63) is 29.8 Å². The lowest BCUT2D eigenvalue weighted by Crippen LogP contribution is -2.57. The van der Waals surface area contributed by atoms with E-state index < -0.39 is 10.2 Å². The molecule has 1 aromatic carbocycles. The molecule has 8 nitrogen and oxygen atoms in total. The van der Waals surface area contributed by atoms with E-state index in [0.717, 1.165) is 5.69 Å². The van der Waals surface area contributed by atoms with Crippen LogP contribution in [0.25, 0.3) is 0 Å². The van der Waals surface area contributed by atoms with Gasteiger partial charge in [-0.25, -0.2) is 0 Å². The fraction of sp³-hybridized carbons (Fsp3) is 0.632. The number of ether oxygens (including phenoxy) is 1. The van der Waals surface area contributed by atoms with Gasteiger partial charge in [-0.1, -0.05) is 0 Å². The minimum Gasteiger partial charge on any atom is -0.378 e. The summed E-state index contributed by atoms with van der Waals surface area (Å²) >= 11 is 0. The molecule has 9 heteroatoms. The van der Waals surface area contributed by atoms with Gasteiger partial charge in [0.2, 0.25) is 0 Å². The standard InChI is InChI=1S/C19H30N4O4S/c1-15-13-23(14-16(2)27-15)28(25,26)22-11-9-21(10-12-22)19(24)17-5-7-18(8-6-17)20(3)4/h5-8,15-16H,9-14H2,1-4H3. The Labute approximate surface area is 167 Å². The van der Waals surface area contributed by atoms with E-state index in [1.54, 1.807) is 4.90 Å². The number of anilines is 1. The Morgan fingerprint density at radius 2 is 1.50 bits per heavy atom. The molecule has 0 saturated carbocycles. The lowest BCUT2D eigenvalue weighted by atomic mass is 10.1. The third-order valence-electron chi connectivity index (χ3n) is 5.20. The van der Waals surface area contributed by atoms with E-state index in [2.05, 4.69) is 0 Å². The second-order valence-corrected chi connectivity index (χ2v) is 9.64. The van der Waals surface area contributed by atoms with Crippen LogP contribution in [-0.4, -0.2) is 93.4 Å². The first-order valence-corrected chi connectivity index (χ1v) is 11.1. The summed E-state index contributed by atoms with van der Waals surface area (Å²) in [6, 6.07) is 7.46. The third-order valence-corrected chi connectivity index (χ3v) is 7.16. The Morgan fingerprint density at radius 1 is 0.964 bits per heavy atom. The lowest BCUT2D eigenvalue weighted by Gasteiger charge is -2.40. The van der Waals surface area contributed by atoms with Gasteiger partial charge in [0, 0.05) is 64.6 Å². The molecule has 3 rings (SSSR count). The monoisotopic (exact) mass is 410 g/mol. The molecular weight excluding hydrogens is 380 g/mol. The molecule has 0 bridgehead atoms. The fourth-order valence-corrected chi connectivity index (χ4v) is 5.44. The Bertz CT molecular complexity index is 779. The first-order chi connectivity index (χ1) is 13.2. The summed E-state index contributed by atoms with van der Waals surface area (Å²) < 4.78 is 34.6. The summed E-state index contributed by atoms with van der Waals surface area (Å²) in [7, 11) is 0.365. The largest absolute Gasteiger partial charge is 0.378 e. The van der Waals surface area contributed by atoms with E-state index >= 15 is 0 Å². The molecule has 28 heavy (non-hydrogen) atoms. The van der Waals surface area contributed by atoms with Crippen molar-refractivity contribution < 1.29 is 17.9 Å². The van der Waals surface area contributed by atoms with Gasteiger partial charge >= 0.3 is 0 Å². The van der Waals surface area contributed by atoms with Crippen LogP contribution in [0.15, 0.2) is 24.3 Å². The Hall–Kier alpha value is -1.68. The van der Waals surface area contributed by atoms with Crippen LogP contribution >= 0.6 is 0 Å². The number of carbonyl (C=O) groups excluding carboxylic acids is 1. The number of benzene rings is 1. The average Bonchev–Trinajstić information content (AvgIpc) is 2.67. The number of rotatable bonds is 4. The smallest absolute Gasteiger partial charge is 0.282 e. The molecule has 2 saturated heterocycles. The minimum absolute atomic E-state index is 0.0593. The summed E-state index contributed by atoms with van der Waals surface area (Å²) in [5.74, 6) is -0.0593. The number of hydrogen-bond acceptors (Lipinski definition) is 5. The summed E-state index contributed by atoms with van der Waals surface area (Å²) in [6.07, 6.45) is -0.238. The van der Waals surface area contributed by atoms with Gasteiger partial charge in [0.15, 0.2) is 0 Å². The van der Waals surface area contributed by atoms with E-state index in [1.807, 2.05) is 57.1 Å². The highest BCUT2D eigenvalue weighted by Gasteiger charge is 2.37. The van der Waals surface area contributed by atoms with Crippen molar-refractivity contribution in [2.75, 3.05) is 58.3 Å². The fourth-order valence-electron chi connectivity index (χ4n) is 3.69. The zero-order valence-corrected chi connectivity index (χ0v) is 17.9. The summed E-state index contributed by atoms with van der Waals surface area (Å²) in [5.41, 5.74) is 1.65. The molecule has 0 N–H and O–H groups in total. The van der Waals surface area contributed by atoms with Crippen molar-refractivity contribution in [2.45, 2.75) is 26.1 Å². The average molecular weight is 411 g/mol. The van der Waals surface area contributed by atoms with Gasteiger partial charge in [-0.3, -0.25) is 4.79 Å². The van der Waals surface area contributed by atoms with Gasteiger partial charge in [0.25, 0.3) is 16.1 Å². The van der Waals surface area contributed by atoms with Gasteiger partial charge in [-0.2, -0.15) is 17.0 Å². The molecule has 2 aliphatic heterocycles. The maximum Gasteiger partial charge on any atom is 0.282 e. The zero-order chi connectivity index (χ0) is 20.5. The zero-order valence-electron chi connectivity index (χ0n) is 17.0. The molecule has 0 radical (unpaired) electrons. The number of amides is 1. The van der Waals surface area contributed by atoms with E-state index in [1.165, 1.54) is 8.61 Å². The van der Waals surface area contributed by atoms with Gasteiger partial charge in [0.1, 0.15) is 0 Å². The third kappa shape index (κ3) is 4.48. The summed E-state index contributed by atoms with van der Waals surface area (Å²) in [4.78, 5) is 16.4. The van der Waals surface area contributed by atoms with Gasteiger partial charge in [-0.15, -0.1) is 0 Å². The van der Waals surface area contributed by atoms with E-state index in [9.17, 15) is 13.2 Å². The molecule has 0 spiro atoms. The summed E-state index contributed by atoms with van der Waals surface area (Å²) in [5, 5.41) is 0. The van der Waals surface area contributed by atoms with Crippen LogP contribution in [0.5, 0.6) is 0 Å². The number of nitrogens with zero attached hydrogens (tertiary/aromatic N) is 4. The van der Waals surface area contributed by atoms with E-state index in [4.69, 9.17) is 4.74 Å². The van der Waals surface area contributed by atoms with Crippen LogP contribution in [-0.2, 0) is 14.9 Å². The van der Waals surface area contributed by atoms with Crippen LogP contribution in [0.4, 0.5) is 5.69 Å². The molecule has 1 amide bonds. The van der Waals surface area contributed by atoms with E-state index in [0.29, 0.717) is 44.8 Å². The SMILES string of the molecule is CC1CN(S(=O)(=O)N2CCN(C(=O)c3ccc(N(C)C)cc3)CC2)CC(C)O1. The normalized spacial score (nSPS) is 24.9. The van der Waals surface area contributed by atoms with Crippen LogP contribution in [0.2, 0.25) is 0 Å².